The second-order valence-electron chi connectivity index (χ2n) is 4.97. The summed E-state index contributed by atoms with van der Waals surface area (Å²) in [7, 11) is 1.66. The Hall–Kier alpha value is -0.720. The van der Waals surface area contributed by atoms with E-state index in [0.717, 1.165) is 32.2 Å². The number of likely N-dealkylation sites (tertiary alicyclic amines) is 1. The van der Waals surface area contributed by atoms with Crippen LogP contribution in [-0.2, 0) is 9.53 Å². The summed E-state index contributed by atoms with van der Waals surface area (Å²) in [5, 5.41) is 2.93. The fourth-order valence-electron chi connectivity index (χ4n) is 2.45. The molecular formula is C13H25N3O2S. The van der Waals surface area contributed by atoms with Crippen molar-refractivity contribution in [3.05, 3.63) is 0 Å². The normalized spacial score (nSPS) is 21.9. The molecule has 1 amide bonds. The maximum atomic E-state index is 12.1. The molecule has 19 heavy (non-hydrogen) atoms. The molecule has 0 aromatic carbocycles. The van der Waals surface area contributed by atoms with Crippen molar-refractivity contribution >= 4 is 23.1 Å². The van der Waals surface area contributed by atoms with Crippen molar-refractivity contribution in [1.82, 2.24) is 10.2 Å². The number of hydrogen-bond acceptors (Lipinski definition) is 4. The summed E-state index contributed by atoms with van der Waals surface area (Å²) in [6.45, 7) is 4.10. The van der Waals surface area contributed by atoms with Crippen LogP contribution in [0.25, 0.3) is 0 Å². The molecule has 0 spiro atoms. The summed E-state index contributed by atoms with van der Waals surface area (Å²) in [6.07, 6.45) is 4.01. The Balaban J connectivity index is 2.46. The van der Waals surface area contributed by atoms with E-state index in [-0.39, 0.29) is 18.0 Å². The van der Waals surface area contributed by atoms with E-state index in [9.17, 15) is 4.79 Å². The van der Waals surface area contributed by atoms with Crippen molar-refractivity contribution in [2.75, 3.05) is 26.8 Å². The first-order chi connectivity index (χ1) is 9.07. The molecule has 5 nitrogen and oxygen atoms in total. The van der Waals surface area contributed by atoms with Gasteiger partial charge in [0.1, 0.15) is 0 Å². The Labute approximate surface area is 120 Å². The van der Waals surface area contributed by atoms with E-state index in [1.54, 1.807) is 7.11 Å². The number of nitrogens with zero attached hydrogens (tertiary/aromatic N) is 1. The molecule has 0 saturated carbocycles. The molecule has 0 aromatic heterocycles. The van der Waals surface area contributed by atoms with Gasteiger partial charge < -0.3 is 15.8 Å². The summed E-state index contributed by atoms with van der Waals surface area (Å²) in [5.41, 5.74) is 5.78. The van der Waals surface area contributed by atoms with E-state index in [0.29, 0.717) is 18.1 Å². The largest absolute Gasteiger partial charge is 0.392 e. The van der Waals surface area contributed by atoms with Crippen molar-refractivity contribution in [1.29, 1.82) is 0 Å². The van der Waals surface area contributed by atoms with Crippen molar-refractivity contribution in [3.8, 4) is 0 Å². The SMILES string of the molecule is COCCCNC(=O)C(C)N1CCCCC1C(N)=S. The van der Waals surface area contributed by atoms with Crippen LogP contribution in [-0.4, -0.2) is 54.7 Å². The van der Waals surface area contributed by atoms with Gasteiger partial charge in [0.05, 0.1) is 17.1 Å². The molecule has 1 heterocycles. The van der Waals surface area contributed by atoms with Gasteiger partial charge in [0, 0.05) is 20.3 Å². The highest BCUT2D eigenvalue weighted by Crippen LogP contribution is 2.20. The van der Waals surface area contributed by atoms with Crippen LogP contribution in [0.3, 0.4) is 0 Å². The van der Waals surface area contributed by atoms with Gasteiger partial charge in [-0.3, -0.25) is 9.69 Å². The van der Waals surface area contributed by atoms with Crippen LogP contribution in [0.15, 0.2) is 0 Å². The van der Waals surface area contributed by atoms with Crippen molar-refractivity contribution in [2.24, 2.45) is 5.73 Å². The molecule has 3 N–H and O–H groups in total. The first-order valence-corrected chi connectivity index (χ1v) is 7.30. The van der Waals surface area contributed by atoms with Gasteiger partial charge in [0.15, 0.2) is 0 Å². The lowest BCUT2D eigenvalue weighted by Crippen LogP contribution is -2.55. The van der Waals surface area contributed by atoms with Crippen LogP contribution in [0.4, 0.5) is 0 Å². The number of amides is 1. The molecule has 0 bridgehead atoms. The first kappa shape index (κ1) is 16.3. The lowest BCUT2D eigenvalue weighted by molar-refractivity contribution is -0.126. The molecule has 6 heteroatoms. The Kier molecular flexibility index (Phi) is 7.27. The second kappa shape index (κ2) is 8.45. The van der Waals surface area contributed by atoms with Gasteiger partial charge >= 0.3 is 0 Å². The average Bonchev–Trinajstić information content (AvgIpc) is 2.42. The molecule has 1 aliphatic heterocycles. The van der Waals surface area contributed by atoms with E-state index < -0.39 is 0 Å². The molecule has 0 radical (unpaired) electrons. The Morgan fingerprint density at radius 2 is 2.32 bits per heavy atom. The summed E-state index contributed by atoms with van der Waals surface area (Å²) < 4.78 is 4.95. The molecule has 1 fully saturated rings. The highest BCUT2D eigenvalue weighted by molar-refractivity contribution is 7.80. The molecule has 1 saturated heterocycles. The summed E-state index contributed by atoms with van der Waals surface area (Å²) in [5.74, 6) is 0.0410. The smallest absolute Gasteiger partial charge is 0.237 e. The fourth-order valence-corrected chi connectivity index (χ4v) is 2.70. The standard InChI is InChI=1S/C13H25N3O2S/c1-10(13(17)15-7-5-9-18-2)16-8-4-3-6-11(16)12(14)19/h10-11H,3-9H2,1-2H3,(H2,14,19)(H,15,17). The van der Waals surface area contributed by atoms with E-state index in [2.05, 4.69) is 10.2 Å². The number of nitrogens with two attached hydrogens (primary N) is 1. The molecule has 2 unspecified atom stereocenters. The van der Waals surface area contributed by atoms with Crippen LogP contribution in [0, 0.1) is 0 Å². The van der Waals surface area contributed by atoms with Crippen molar-refractivity contribution < 1.29 is 9.53 Å². The number of ether oxygens (including phenoxy) is 1. The number of thiocarbonyl (C=S) groups is 1. The zero-order valence-electron chi connectivity index (χ0n) is 11.9. The number of methoxy groups -OCH3 is 1. The van der Waals surface area contributed by atoms with Gasteiger partial charge in [-0.25, -0.2) is 0 Å². The minimum atomic E-state index is -0.186. The van der Waals surface area contributed by atoms with Crippen molar-refractivity contribution in [3.63, 3.8) is 0 Å². The fraction of sp³-hybridized carbons (Fsp3) is 0.846. The summed E-state index contributed by atoms with van der Waals surface area (Å²) in [6, 6.07) is -0.127. The zero-order chi connectivity index (χ0) is 14.3. The Morgan fingerprint density at radius 3 is 2.95 bits per heavy atom. The van der Waals surface area contributed by atoms with Crippen LogP contribution in [0.5, 0.6) is 0 Å². The zero-order valence-corrected chi connectivity index (χ0v) is 12.7. The predicted molar refractivity (Wildman–Crippen MR) is 80.1 cm³/mol. The molecule has 0 aromatic rings. The average molecular weight is 287 g/mol. The van der Waals surface area contributed by atoms with E-state index in [1.807, 2.05) is 6.92 Å². The predicted octanol–water partition coefficient (Wildman–Crippen LogP) is 0.668. The highest BCUT2D eigenvalue weighted by Gasteiger charge is 2.31. The van der Waals surface area contributed by atoms with Crippen molar-refractivity contribution in [2.45, 2.75) is 44.7 Å². The lowest BCUT2D eigenvalue weighted by Gasteiger charge is -2.38. The van der Waals surface area contributed by atoms with Gasteiger partial charge in [0.2, 0.25) is 5.91 Å². The maximum absolute atomic E-state index is 12.1. The maximum Gasteiger partial charge on any atom is 0.237 e. The number of nitrogens with one attached hydrogen (secondary N) is 1. The number of rotatable bonds is 7. The topological polar surface area (TPSA) is 67.6 Å². The highest BCUT2D eigenvalue weighted by atomic mass is 32.1. The van der Waals surface area contributed by atoms with Gasteiger partial charge in [-0.1, -0.05) is 18.6 Å². The van der Waals surface area contributed by atoms with E-state index in [4.69, 9.17) is 22.7 Å². The van der Waals surface area contributed by atoms with Crippen LogP contribution in [0.1, 0.15) is 32.6 Å². The number of carbonyl (C=O) groups excluding carboxylic acids is 1. The van der Waals surface area contributed by atoms with Gasteiger partial charge in [-0.2, -0.15) is 0 Å². The van der Waals surface area contributed by atoms with E-state index >= 15 is 0 Å². The van der Waals surface area contributed by atoms with Gasteiger partial charge in [0.25, 0.3) is 0 Å². The first-order valence-electron chi connectivity index (χ1n) is 6.89. The number of hydrogen-bond donors (Lipinski definition) is 2. The molecule has 2 atom stereocenters. The molecular weight excluding hydrogens is 262 g/mol. The third-order valence-corrected chi connectivity index (χ3v) is 3.85. The minimum Gasteiger partial charge on any atom is -0.392 e. The second-order valence-corrected chi connectivity index (χ2v) is 5.44. The Bertz CT molecular complexity index is 312. The van der Waals surface area contributed by atoms with Crippen LogP contribution < -0.4 is 11.1 Å². The quantitative estimate of drug-likeness (QED) is 0.532. The molecule has 0 aliphatic carbocycles. The third kappa shape index (κ3) is 5.04. The molecule has 1 rings (SSSR count). The molecule has 110 valence electrons. The lowest BCUT2D eigenvalue weighted by atomic mass is 10.00. The van der Waals surface area contributed by atoms with Gasteiger partial charge in [-0.05, 0) is 32.7 Å². The van der Waals surface area contributed by atoms with Crippen LogP contribution in [0.2, 0.25) is 0 Å². The third-order valence-electron chi connectivity index (χ3n) is 3.57. The summed E-state index contributed by atoms with van der Waals surface area (Å²) >= 11 is 5.11. The van der Waals surface area contributed by atoms with E-state index in [1.165, 1.54) is 0 Å². The van der Waals surface area contributed by atoms with Crippen LogP contribution >= 0.6 is 12.2 Å². The monoisotopic (exact) mass is 287 g/mol. The summed E-state index contributed by atoms with van der Waals surface area (Å²) in [4.78, 5) is 14.7. The Morgan fingerprint density at radius 1 is 1.58 bits per heavy atom. The molecule has 1 aliphatic rings. The number of carbonyl (C=O) groups is 1. The van der Waals surface area contributed by atoms with Gasteiger partial charge in [-0.15, -0.1) is 0 Å². The minimum absolute atomic E-state index is 0.0410. The number of piperidine rings is 1.